The molecule has 0 heterocycles. The van der Waals surface area contributed by atoms with E-state index in [1.165, 1.54) is 16.7 Å². The third-order valence-electron chi connectivity index (χ3n) is 4.35. The molecule has 0 aromatic heterocycles. The van der Waals surface area contributed by atoms with E-state index in [1.807, 2.05) is 24.3 Å². The Hall–Kier alpha value is -2.42. The van der Waals surface area contributed by atoms with Gasteiger partial charge in [-0.05, 0) is 35.3 Å². The first-order chi connectivity index (χ1) is 11.1. The van der Waals surface area contributed by atoms with Gasteiger partial charge < -0.3 is 11.5 Å². The Morgan fingerprint density at radius 2 is 1.43 bits per heavy atom. The minimum Gasteiger partial charge on any atom is -0.307 e. The van der Waals surface area contributed by atoms with Crippen LogP contribution < -0.4 is 11.5 Å². The molecule has 0 spiro atoms. The summed E-state index contributed by atoms with van der Waals surface area (Å²) < 4.78 is 0. The highest BCUT2D eigenvalue weighted by Crippen LogP contribution is 2.40. The standard InChI is InChI=1S/C21H22N2/c1-2-8-17-9-6-7-12-19(17)20(18-10-4-3-5-11-18)13-15-21(22,23)16-14-20/h2-7,9-16H,1,8,22-23H2. The lowest BCUT2D eigenvalue weighted by Gasteiger charge is -2.35. The number of benzene rings is 2. The van der Waals surface area contributed by atoms with Crippen molar-refractivity contribution in [3.63, 3.8) is 0 Å². The van der Waals surface area contributed by atoms with E-state index >= 15 is 0 Å². The van der Waals surface area contributed by atoms with Crippen LogP contribution in [-0.4, -0.2) is 5.66 Å². The summed E-state index contributed by atoms with van der Waals surface area (Å²) >= 11 is 0. The van der Waals surface area contributed by atoms with E-state index in [-0.39, 0.29) is 5.41 Å². The summed E-state index contributed by atoms with van der Waals surface area (Å²) in [5.74, 6) is 0. The van der Waals surface area contributed by atoms with E-state index < -0.39 is 5.66 Å². The van der Waals surface area contributed by atoms with Crippen molar-refractivity contribution in [2.24, 2.45) is 11.5 Å². The Labute approximate surface area is 137 Å². The van der Waals surface area contributed by atoms with Gasteiger partial charge in [-0.2, -0.15) is 0 Å². The first-order valence-electron chi connectivity index (χ1n) is 7.81. The third-order valence-corrected chi connectivity index (χ3v) is 4.35. The molecule has 0 saturated heterocycles. The van der Waals surface area contributed by atoms with E-state index in [0.29, 0.717) is 0 Å². The zero-order chi connectivity index (χ0) is 16.3. The van der Waals surface area contributed by atoms with Crippen LogP contribution in [0.2, 0.25) is 0 Å². The van der Waals surface area contributed by atoms with E-state index in [9.17, 15) is 0 Å². The number of nitrogens with two attached hydrogens (primary N) is 2. The fourth-order valence-corrected chi connectivity index (χ4v) is 3.16. The van der Waals surface area contributed by atoms with Crippen molar-refractivity contribution in [1.29, 1.82) is 0 Å². The van der Waals surface area contributed by atoms with Crippen LogP contribution in [0.25, 0.3) is 0 Å². The second-order valence-corrected chi connectivity index (χ2v) is 6.05. The molecule has 0 radical (unpaired) electrons. The summed E-state index contributed by atoms with van der Waals surface area (Å²) in [6.07, 6.45) is 10.7. The molecule has 2 aromatic rings. The van der Waals surface area contributed by atoms with Gasteiger partial charge in [0.1, 0.15) is 5.66 Å². The molecule has 2 nitrogen and oxygen atoms in total. The Morgan fingerprint density at radius 1 is 0.826 bits per heavy atom. The summed E-state index contributed by atoms with van der Waals surface area (Å²) in [6, 6.07) is 18.9. The highest BCUT2D eigenvalue weighted by Gasteiger charge is 2.34. The van der Waals surface area contributed by atoms with Gasteiger partial charge in [0, 0.05) is 0 Å². The maximum Gasteiger partial charge on any atom is 0.102 e. The molecule has 0 saturated carbocycles. The van der Waals surface area contributed by atoms with Crippen LogP contribution in [0.5, 0.6) is 0 Å². The Kier molecular flexibility index (Phi) is 4.03. The molecule has 2 heteroatoms. The van der Waals surface area contributed by atoms with Crippen molar-refractivity contribution in [3.05, 3.63) is 108 Å². The largest absolute Gasteiger partial charge is 0.307 e. The van der Waals surface area contributed by atoms with Crippen LogP contribution in [0, 0.1) is 0 Å². The van der Waals surface area contributed by atoms with Gasteiger partial charge in [0.05, 0.1) is 5.41 Å². The lowest BCUT2D eigenvalue weighted by Crippen LogP contribution is -2.48. The number of hydrogen-bond acceptors (Lipinski definition) is 2. The van der Waals surface area contributed by atoms with Crippen molar-refractivity contribution in [2.45, 2.75) is 17.5 Å². The molecule has 1 aliphatic rings. The zero-order valence-corrected chi connectivity index (χ0v) is 13.2. The molecule has 0 amide bonds. The average molecular weight is 302 g/mol. The molecule has 116 valence electrons. The van der Waals surface area contributed by atoms with Gasteiger partial charge in [0.15, 0.2) is 0 Å². The van der Waals surface area contributed by atoms with Crippen molar-refractivity contribution in [1.82, 2.24) is 0 Å². The predicted octanol–water partition coefficient (Wildman–Crippen LogP) is 3.44. The molecule has 4 N–H and O–H groups in total. The maximum absolute atomic E-state index is 6.04. The average Bonchev–Trinajstić information content (AvgIpc) is 2.57. The number of rotatable bonds is 4. The van der Waals surface area contributed by atoms with E-state index in [2.05, 4.69) is 67.3 Å². The van der Waals surface area contributed by atoms with Crippen molar-refractivity contribution in [2.75, 3.05) is 0 Å². The minimum atomic E-state index is -0.897. The molecular formula is C21H22N2. The van der Waals surface area contributed by atoms with Gasteiger partial charge in [0.25, 0.3) is 0 Å². The molecule has 3 rings (SSSR count). The lowest BCUT2D eigenvalue weighted by molar-refractivity contribution is 0.646. The number of allylic oxidation sites excluding steroid dienone is 3. The normalized spacial score (nSPS) is 17.8. The first-order valence-corrected chi connectivity index (χ1v) is 7.81. The molecule has 0 fully saturated rings. The van der Waals surface area contributed by atoms with Gasteiger partial charge >= 0.3 is 0 Å². The summed E-state index contributed by atoms with van der Waals surface area (Å²) in [6.45, 7) is 3.88. The fourth-order valence-electron chi connectivity index (χ4n) is 3.16. The monoisotopic (exact) mass is 302 g/mol. The number of hydrogen-bond donors (Lipinski definition) is 2. The second-order valence-electron chi connectivity index (χ2n) is 6.05. The van der Waals surface area contributed by atoms with Gasteiger partial charge in [-0.1, -0.05) is 72.8 Å². The van der Waals surface area contributed by atoms with Gasteiger partial charge in [-0.15, -0.1) is 6.58 Å². The summed E-state index contributed by atoms with van der Waals surface area (Å²) in [5, 5.41) is 0. The highest BCUT2D eigenvalue weighted by molar-refractivity contribution is 5.55. The van der Waals surface area contributed by atoms with Gasteiger partial charge in [0.2, 0.25) is 0 Å². The predicted molar refractivity (Wildman–Crippen MR) is 97.0 cm³/mol. The van der Waals surface area contributed by atoms with Crippen LogP contribution in [0.3, 0.4) is 0 Å². The Morgan fingerprint density at radius 3 is 2.09 bits per heavy atom. The van der Waals surface area contributed by atoms with Gasteiger partial charge in [-0.25, -0.2) is 0 Å². The van der Waals surface area contributed by atoms with Crippen molar-refractivity contribution in [3.8, 4) is 0 Å². The van der Waals surface area contributed by atoms with Crippen LogP contribution in [0.4, 0.5) is 0 Å². The summed E-state index contributed by atoms with van der Waals surface area (Å²) in [5.41, 5.74) is 14.5. The summed E-state index contributed by atoms with van der Waals surface area (Å²) in [7, 11) is 0. The molecule has 0 aliphatic heterocycles. The van der Waals surface area contributed by atoms with Crippen LogP contribution >= 0.6 is 0 Å². The van der Waals surface area contributed by atoms with Gasteiger partial charge in [-0.3, -0.25) is 0 Å². The molecule has 0 atom stereocenters. The molecule has 2 aromatic carbocycles. The van der Waals surface area contributed by atoms with E-state index in [0.717, 1.165) is 6.42 Å². The highest BCUT2D eigenvalue weighted by atomic mass is 14.9. The quantitative estimate of drug-likeness (QED) is 0.671. The second kappa shape index (κ2) is 5.99. The molecule has 0 unspecified atom stereocenters. The first kappa shape index (κ1) is 15.5. The summed E-state index contributed by atoms with van der Waals surface area (Å²) in [4.78, 5) is 0. The topological polar surface area (TPSA) is 52.0 Å². The maximum atomic E-state index is 6.04. The molecule has 1 aliphatic carbocycles. The van der Waals surface area contributed by atoms with Crippen molar-refractivity contribution >= 4 is 0 Å². The molecule has 0 bridgehead atoms. The molecular weight excluding hydrogens is 280 g/mol. The van der Waals surface area contributed by atoms with Crippen molar-refractivity contribution < 1.29 is 0 Å². The van der Waals surface area contributed by atoms with E-state index in [4.69, 9.17) is 11.5 Å². The van der Waals surface area contributed by atoms with Crippen LogP contribution in [0.1, 0.15) is 16.7 Å². The molecule has 23 heavy (non-hydrogen) atoms. The Bertz CT molecular complexity index is 738. The van der Waals surface area contributed by atoms with Crippen LogP contribution in [0.15, 0.2) is 91.6 Å². The minimum absolute atomic E-state index is 0.358. The fraction of sp³-hybridized carbons (Fsp3) is 0.143. The van der Waals surface area contributed by atoms with E-state index in [1.54, 1.807) is 0 Å². The SMILES string of the molecule is C=CCc1ccccc1C1(c2ccccc2)C=CC(N)(N)C=C1. The lowest BCUT2D eigenvalue weighted by atomic mass is 9.69. The Balaban J connectivity index is 2.23. The zero-order valence-electron chi connectivity index (χ0n) is 13.2. The smallest absolute Gasteiger partial charge is 0.102 e. The third kappa shape index (κ3) is 2.91. The van der Waals surface area contributed by atoms with Crippen LogP contribution in [-0.2, 0) is 11.8 Å².